The summed E-state index contributed by atoms with van der Waals surface area (Å²) in [6.07, 6.45) is 1.52. The highest BCUT2D eigenvalue weighted by molar-refractivity contribution is 6.12. The number of hydrogen-bond acceptors (Lipinski definition) is 3. The Morgan fingerprint density at radius 1 is 0.846 bits per heavy atom. The average molecular weight is 346 g/mol. The van der Waals surface area contributed by atoms with Crippen molar-refractivity contribution in [3.05, 3.63) is 96.1 Å². The number of rotatable bonds is 5. The van der Waals surface area contributed by atoms with E-state index in [4.69, 9.17) is 4.42 Å². The fourth-order valence-electron chi connectivity index (χ4n) is 2.43. The van der Waals surface area contributed by atoms with Gasteiger partial charge in [-0.15, -0.1) is 0 Å². The van der Waals surface area contributed by atoms with Gasteiger partial charge < -0.3 is 15.1 Å². The zero-order valence-electron chi connectivity index (χ0n) is 14.2. The largest absolute Gasteiger partial charge is 0.465 e. The molecule has 3 rings (SSSR count). The third-order valence-corrected chi connectivity index (χ3v) is 3.80. The zero-order valence-corrected chi connectivity index (χ0v) is 14.2. The first-order valence-electron chi connectivity index (χ1n) is 8.12. The number of anilines is 1. The maximum Gasteiger partial charge on any atom is 0.272 e. The van der Waals surface area contributed by atoms with Crippen LogP contribution in [0.1, 0.15) is 23.0 Å². The second kappa shape index (κ2) is 7.98. The van der Waals surface area contributed by atoms with Gasteiger partial charge in [0.25, 0.3) is 11.8 Å². The van der Waals surface area contributed by atoms with Crippen LogP contribution in [0.2, 0.25) is 0 Å². The molecule has 0 radical (unpaired) electrons. The first kappa shape index (κ1) is 17.2. The predicted octanol–water partition coefficient (Wildman–Crippen LogP) is 4.08. The predicted molar refractivity (Wildman–Crippen MR) is 100 cm³/mol. The van der Waals surface area contributed by atoms with Crippen molar-refractivity contribution in [2.75, 3.05) is 5.32 Å². The van der Waals surface area contributed by atoms with E-state index in [9.17, 15) is 9.59 Å². The molecule has 2 N–H and O–H groups in total. The molecule has 0 bridgehead atoms. The minimum Gasteiger partial charge on any atom is -0.465 e. The lowest BCUT2D eigenvalue weighted by Gasteiger charge is -2.13. The van der Waals surface area contributed by atoms with Crippen LogP contribution < -0.4 is 10.6 Å². The van der Waals surface area contributed by atoms with Crippen LogP contribution in [-0.4, -0.2) is 11.8 Å². The van der Waals surface area contributed by atoms with Gasteiger partial charge in [-0.2, -0.15) is 0 Å². The SMILES string of the molecule is C/C(=C(/NC(=O)c1ccccc1)C(=O)Nc1ccccc1)c1ccco1. The van der Waals surface area contributed by atoms with Gasteiger partial charge in [-0.3, -0.25) is 9.59 Å². The molecule has 1 heterocycles. The van der Waals surface area contributed by atoms with Crippen LogP contribution in [0, 0.1) is 0 Å². The minimum absolute atomic E-state index is 0.137. The van der Waals surface area contributed by atoms with Crippen molar-refractivity contribution in [1.29, 1.82) is 0 Å². The molecule has 3 aromatic rings. The number of carbonyl (C=O) groups excluding carboxylic acids is 2. The van der Waals surface area contributed by atoms with E-state index in [1.165, 1.54) is 6.26 Å². The monoisotopic (exact) mass is 346 g/mol. The maximum absolute atomic E-state index is 12.8. The van der Waals surface area contributed by atoms with Crippen molar-refractivity contribution in [2.45, 2.75) is 6.92 Å². The van der Waals surface area contributed by atoms with Crippen LogP contribution in [0.4, 0.5) is 5.69 Å². The molecule has 0 aliphatic carbocycles. The molecular weight excluding hydrogens is 328 g/mol. The Labute approximate surface area is 151 Å². The van der Waals surface area contributed by atoms with E-state index in [2.05, 4.69) is 10.6 Å². The van der Waals surface area contributed by atoms with Crippen LogP contribution in [-0.2, 0) is 4.79 Å². The third kappa shape index (κ3) is 4.08. The lowest BCUT2D eigenvalue weighted by atomic mass is 10.1. The van der Waals surface area contributed by atoms with Crippen molar-refractivity contribution in [1.82, 2.24) is 5.32 Å². The van der Waals surface area contributed by atoms with E-state index >= 15 is 0 Å². The molecule has 0 fully saturated rings. The molecule has 5 nitrogen and oxygen atoms in total. The summed E-state index contributed by atoms with van der Waals surface area (Å²) in [4.78, 5) is 25.3. The summed E-state index contributed by atoms with van der Waals surface area (Å²) in [5, 5.41) is 5.50. The van der Waals surface area contributed by atoms with E-state index in [-0.39, 0.29) is 11.6 Å². The normalized spacial score (nSPS) is 11.4. The number of allylic oxidation sites excluding steroid dienone is 1. The Balaban J connectivity index is 1.91. The van der Waals surface area contributed by atoms with Crippen molar-refractivity contribution in [2.24, 2.45) is 0 Å². The molecule has 0 spiro atoms. The van der Waals surface area contributed by atoms with Crippen LogP contribution in [0.3, 0.4) is 0 Å². The fourth-order valence-corrected chi connectivity index (χ4v) is 2.43. The standard InChI is InChI=1S/C21H18N2O3/c1-15(18-13-8-14-26-18)19(21(25)22-17-11-6-3-7-12-17)23-20(24)16-9-4-2-5-10-16/h2-14H,1H3,(H,22,25)(H,23,24)/b19-15-. The van der Waals surface area contributed by atoms with Crippen LogP contribution in [0.15, 0.2) is 89.2 Å². The molecule has 0 aliphatic heterocycles. The number of carbonyl (C=O) groups is 2. The summed E-state index contributed by atoms with van der Waals surface area (Å²) >= 11 is 0. The summed E-state index contributed by atoms with van der Waals surface area (Å²) in [7, 11) is 0. The summed E-state index contributed by atoms with van der Waals surface area (Å²) in [6.45, 7) is 1.73. The number of nitrogens with one attached hydrogen (secondary N) is 2. The topological polar surface area (TPSA) is 71.3 Å². The number of benzene rings is 2. The lowest BCUT2D eigenvalue weighted by Crippen LogP contribution is -2.31. The zero-order chi connectivity index (χ0) is 18.4. The highest BCUT2D eigenvalue weighted by Gasteiger charge is 2.19. The smallest absolute Gasteiger partial charge is 0.272 e. The number of furan rings is 1. The van der Waals surface area contributed by atoms with Crippen LogP contribution >= 0.6 is 0 Å². The Morgan fingerprint density at radius 3 is 2.12 bits per heavy atom. The first-order chi connectivity index (χ1) is 12.6. The molecule has 0 saturated heterocycles. The number of amides is 2. The lowest BCUT2D eigenvalue weighted by molar-refractivity contribution is -0.113. The van der Waals surface area contributed by atoms with Crippen molar-refractivity contribution >= 4 is 23.1 Å². The van der Waals surface area contributed by atoms with E-state index in [0.29, 0.717) is 22.6 Å². The van der Waals surface area contributed by atoms with Gasteiger partial charge in [-0.05, 0) is 43.3 Å². The molecule has 0 aliphatic rings. The quantitative estimate of drug-likeness (QED) is 0.684. The van der Waals surface area contributed by atoms with Crippen molar-refractivity contribution in [3.63, 3.8) is 0 Å². The van der Waals surface area contributed by atoms with E-state index in [1.54, 1.807) is 55.5 Å². The molecule has 0 saturated carbocycles. The second-order valence-electron chi connectivity index (χ2n) is 5.62. The van der Waals surface area contributed by atoms with Gasteiger partial charge in [-0.1, -0.05) is 36.4 Å². The number of hydrogen-bond donors (Lipinski definition) is 2. The molecular formula is C21H18N2O3. The van der Waals surface area contributed by atoms with Gasteiger partial charge in [0.1, 0.15) is 11.5 Å². The molecule has 0 unspecified atom stereocenters. The summed E-state index contributed by atoms with van der Waals surface area (Å²) in [5.41, 5.74) is 1.77. The fraction of sp³-hybridized carbons (Fsp3) is 0.0476. The van der Waals surface area contributed by atoms with Gasteiger partial charge in [0.15, 0.2) is 0 Å². The molecule has 1 aromatic heterocycles. The molecule has 0 atom stereocenters. The Hall–Kier alpha value is -3.60. The molecule has 2 aromatic carbocycles. The molecule has 2 amide bonds. The van der Waals surface area contributed by atoms with E-state index in [0.717, 1.165) is 0 Å². The maximum atomic E-state index is 12.8. The third-order valence-electron chi connectivity index (χ3n) is 3.80. The summed E-state index contributed by atoms with van der Waals surface area (Å²) in [6, 6.07) is 21.2. The Bertz CT molecular complexity index is 914. The van der Waals surface area contributed by atoms with Crippen molar-refractivity contribution < 1.29 is 14.0 Å². The Morgan fingerprint density at radius 2 is 1.50 bits per heavy atom. The van der Waals surface area contributed by atoms with Gasteiger partial charge in [0.05, 0.1) is 6.26 Å². The van der Waals surface area contributed by atoms with Crippen molar-refractivity contribution in [3.8, 4) is 0 Å². The first-order valence-corrected chi connectivity index (χ1v) is 8.12. The molecule has 26 heavy (non-hydrogen) atoms. The average Bonchev–Trinajstić information content (AvgIpc) is 3.21. The molecule has 5 heteroatoms. The van der Waals surface area contributed by atoms with Crippen LogP contribution in [0.5, 0.6) is 0 Å². The Kier molecular flexibility index (Phi) is 5.29. The van der Waals surface area contributed by atoms with Gasteiger partial charge in [0.2, 0.25) is 0 Å². The van der Waals surface area contributed by atoms with Crippen LogP contribution in [0.25, 0.3) is 5.57 Å². The highest BCUT2D eigenvalue weighted by atomic mass is 16.3. The van der Waals surface area contributed by atoms with Gasteiger partial charge in [0, 0.05) is 16.8 Å². The van der Waals surface area contributed by atoms with Gasteiger partial charge >= 0.3 is 0 Å². The number of para-hydroxylation sites is 1. The summed E-state index contributed by atoms with van der Waals surface area (Å²) in [5.74, 6) is -0.277. The van der Waals surface area contributed by atoms with E-state index in [1.807, 2.05) is 24.3 Å². The molecule has 130 valence electrons. The van der Waals surface area contributed by atoms with Gasteiger partial charge in [-0.25, -0.2) is 0 Å². The summed E-state index contributed by atoms with van der Waals surface area (Å²) < 4.78 is 5.37. The highest BCUT2D eigenvalue weighted by Crippen LogP contribution is 2.19. The van der Waals surface area contributed by atoms with E-state index < -0.39 is 5.91 Å². The second-order valence-corrected chi connectivity index (χ2v) is 5.62. The minimum atomic E-state index is -0.422.